The number of carbonyl (C=O) groups excluding carboxylic acids is 8. The average Bonchev–Trinajstić information content (AvgIpc) is 2.91. The van der Waals surface area contributed by atoms with E-state index in [0.29, 0.717) is 0 Å². The van der Waals surface area contributed by atoms with Gasteiger partial charge < -0.3 is 52.7 Å². The predicted octanol–water partition coefficient (Wildman–Crippen LogP) is -1.26. The zero-order valence-corrected chi connectivity index (χ0v) is 27.0. The van der Waals surface area contributed by atoms with E-state index in [1.807, 2.05) is 0 Å². The summed E-state index contributed by atoms with van der Waals surface area (Å²) in [5.74, 6) is -6.64. The van der Waals surface area contributed by atoms with Gasteiger partial charge in [0.25, 0.3) is 0 Å². The summed E-state index contributed by atoms with van der Waals surface area (Å²) in [7, 11) is 0. The third kappa shape index (κ3) is 12.1. The molecule has 19 nitrogen and oxygen atoms in total. The van der Waals surface area contributed by atoms with Gasteiger partial charge in [-0.15, -0.1) is 0 Å². The summed E-state index contributed by atoms with van der Waals surface area (Å²) in [6.07, 6.45) is -14.2. The fourth-order valence-corrected chi connectivity index (χ4v) is 4.84. The van der Waals surface area contributed by atoms with Gasteiger partial charge in [-0.3, -0.25) is 38.4 Å². The number of amides is 1. The normalized spacial score (nSPS) is 30.0. The van der Waals surface area contributed by atoms with Crippen LogP contribution < -0.4 is 5.32 Å². The smallest absolute Gasteiger partial charge is 0.305 e. The van der Waals surface area contributed by atoms with E-state index in [1.165, 1.54) is 0 Å². The molecule has 19 heteroatoms. The van der Waals surface area contributed by atoms with E-state index in [9.17, 15) is 38.4 Å². The standard InChI is InChI=1S/C28H39NO18/c1-11(30)29-21-24(41-15(5)34)22(19(9-38-12(2)31)45-27(21)44-18(8)37)47-28-26(43-17(7)36)25(42-16(6)35)23(40-14(4)33)20(46-28)10-39-13(3)32/h19-28H,9-10H2,1-8H3,(H,29,30). The first kappa shape index (κ1) is 38.8. The Kier molecular flexibility index (Phi) is 14.5. The van der Waals surface area contributed by atoms with Crippen LogP contribution in [0.1, 0.15) is 55.4 Å². The Labute approximate surface area is 269 Å². The van der Waals surface area contributed by atoms with Crippen molar-refractivity contribution in [2.45, 2.75) is 117 Å². The molecule has 2 aliphatic heterocycles. The summed E-state index contributed by atoms with van der Waals surface area (Å²) in [6, 6.07) is -1.43. The molecule has 2 saturated heterocycles. The predicted molar refractivity (Wildman–Crippen MR) is 147 cm³/mol. The molecule has 2 heterocycles. The Morgan fingerprint density at radius 2 is 0.872 bits per heavy atom. The Morgan fingerprint density at radius 3 is 1.32 bits per heavy atom. The lowest BCUT2D eigenvalue weighted by Crippen LogP contribution is -2.69. The monoisotopic (exact) mass is 677 g/mol. The van der Waals surface area contributed by atoms with Crippen molar-refractivity contribution in [3.05, 3.63) is 0 Å². The van der Waals surface area contributed by atoms with Crippen molar-refractivity contribution in [3.8, 4) is 0 Å². The lowest BCUT2D eigenvalue weighted by atomic mass is 9.94. The number of rotatable bonds is 12. The fourth-order valence-electron chi connectivity index (χ4n) is 4.84. The summed E-state index contributed by atoms with van der Waals surface area (Å²) in [4.78, 5) is 96.5. The summed E-state index contributed by atoms with van der Waals surface area (Å²) >= 11 is 0. The Hall–Kier alpha value is -4.36. The van der Waals surface area contributed by atoms with E-state index in [-0.39, 0.29) is 0 Å². The minimum atomic E-state index is -1.80. The summed E-state index contributed by atoms with van der Waals surface area (Å²) in [5, 5.41) is 2.48. The molecule has 0 aromatic heterocycles. The van der Waals surface area contributed by atoms with Gasteiger partial charge in [0.15, 0.2) is 30.7 Å². The lowest BCUT2D eigenvalue weighted by Gasteiger charge is -2.48. The Bertz CT molecular complexity index is 1200. The second-order valence-electron chi connectivity index (χ2n) is 10.4. The highest BCUT2D eigenvalue weighted by Gasteiger charge is 2.57. The third-order valence-electron chi connectivity index (χ3n) is 6.29. The first-order valence-corrected chi connectivity index (χ1v) is 14.3. The van der Waals surface area contributed by atoms with Crippen LogP contribution in [0.2, 0.25) is 0 Å². The highest BCUT2D eigenvalue weighted by atomic mass is 16.8. The molecular formula is C28H39NO18. The zero-order valence-electron chi connectivity index (χ0n) is 27.0. The number of carbonyl (C=O) groups is 8. The quantitative estimate of drug-likeness (QED) is 0.187. The van der Waals surface area contributed by atoms with Crippen molar-refractivity contribution in [2.75, 3.05) is 13.2 Å². The maximum Gasteiger partial charge on any atom is 0.305 e. The third-order valence-corrected chi connectivity index (χ3v) is 6.29. The van der Waals surface area contributed by atoms with Crippen LogP contribution in [0.15, 0.2) is 0 Å². The van der Waals surface area contributed by atoms with Crippen LogP contribution in [-0.4, -0.2) is 122 Å². The van der Waals surface area contributed by atoms with Crippen LogP contribution in [0, 0.1) is 0 Å². The highest BCUT2D eigenvalue weighted by Crippen LogP contribution is 2.34. The van der Waals surface area contributed by atoms with E-state index < -0.39 is 122 Å². The maximum absolute atomic E-state index is 12.3. The molecule has 264 valence electrons. The second kappa shape index (κ2) is 17.5. The van der Waals surface area contributed by atoms with Crippen molar-refractivity contribution in [3.63, 3.8) is 0 Å². The van der Waals surface area contributed by atoms with Gasteiger partial charge in [0.1, 0.15) is 37.6 Å². The van der Waals surface area contributed by atoms with Crippen LogP contribution in [0.5, 0.6) is 0 Å². The molecule has 0 spiro atoms. The zero-order chi connectivity index (χ0) is 35.6. The molecule has 0 aromatic rings. The molecule has 47 heavy (non-hydrogen) atoms. The van der Waals surface area contributed by atoms with Gasteiger partial charge in [0.2, 0.25) is 12.2 Å². The van der Waals surface area contributed by atoms with Crippen LogP contribution in [0.3, 0.4) is 0 Å². The molecule has 0 aromatic carbocycles. The minimum Gasteiger partial charge on any atom is -0.463 e. The van der Waals surface area contributed by atoms with Crippen LogP contribution in [-0.2, 0) is 85.7 Å². The van der Waals surface area contributed by atoms with Crippen LogP contribution >= 0.6 is 0 Å². The molecule has 0 radical (unpaired) electrons. The van der Waals surface area contributed by atoms with Crippen molar-refractivity contribution in [2.24, 2.45) is 0 Å². The SMILES string of the molecule is CC(=O)NC1C(OC(C)=O)OC(COC(C)=O)C(OC2OC(COC(C)=O)C(OC(C)=O)C(OC(C)=O)C2OC(C)=O)C1OC(C)=O. The Morgan fingerprint density at radius 1 is 0.468 bits per heavy atom. The number of ether oxygens (including phenoxy) is 10. The van der Waals surface area contributed by atoms with Gasteiger partial charge in [-0.2, -0.15) is 0 Å². The number of esters is 7. The summed E-state index contributed by atoms with van der Waals surface area (Å²) < 4.78 is 55.2. The van der Waals surface area contributed by atoms with Crippen molar-refractivity contribution >= 4 is 47.7 Å². The second-order valence-corrected chi connectivity index (χ2v) is 10.4. The molecule has 1 N–H and O–H groups in total. The minimum absolute atomic E-state index is 0.577. The highest BCUT2D eigenvalue weighted by molar-refractivity contribution is 5.74. The van der Waals surface area contributed by atoms with Gasteiger partial charge in [0.05, 0.1) is 0 Å². The van der Waals surface area contributed by atoms with Gasteiger partial charge in [-0.25, -0.2) is 0 Å². The molecule has 10 atom stereocenters. The first-order chi connectivity index (χ1) is 21.9. The molecule has 0 aliphatic carbocycles. The van der Waals surface area contributed by atoms with E-state index in [2.05, 4.69) is 5.32 Å². The number of hydrogen-bond acceptors (Lipinski definition) is 18. The molecule has 2 aliphatic rings. The van der Waals surface area contributed by atoms with Crippen LogP contribution in [0.25, 0.3) is 0 Å². The van der Waals surface area contributed by atoms with Gasteiger partial charge in [-0.05, 0) is 0 Å². The molecule has 2 fully saturated rings. The number of nitrogens with one attached hydrogen (secondary N) is 1. The lowest BCUT2D eigenvalue weighted by molar-refractivity contribution is -0.348. The van der Waals surface area contributed by atoms with Crippen molar-refractivity contribution in [1.82, 2.24) is 5.32 Å². The molecule has 0 saturated carbocycles. The van der Waals surface area contributed by atoms with E-state index in [0.717, 1.165) is 55.4 Å². The Balaban J connectivity index is 2.73. The molecule has 2 rings (SSSR count). The largest absolute Gasteiger partial charge is 0.463 e. The topological polar surface area (TPSA) is 241 Å². The average molecular weight is 678 g/mol. The van der Waals surface area contributed by atoms with E-state index in [4.69, 9.17) is 47.4 Å². The van der Waals surface area contributed by atoms with Crippen molar-refractivity contribution < 1.29 is 85.7 Å². The molecule has 1 amide bonds. The summed E-state index contributed by atoms with van der Waals surface area (Å²) in [5.41, 5.74) is 0. The van der Waals surface area contributed by atoms with Gasteiger partial charge in [-0.1, -0.05) is 0 Å². The molecular weight excluding hydrogens is 638 g/mol. The number of hydrogen-bond donors (Lipinski definition) is 1. The van der Waals surface area contributed by atoms with Crippen LogP contribution in [0.4, 0.5) is 0 Å². The fraction of sp³-hybridized carbons (Fsp3) is 0.714. The maximum atomic E-state index is 12.3. The molecule has 0 bridgehead atoms. The summed E-state index contributed by atoms with van der Waals surface area (Å²) in [6.45, 7) is 7.30. The first-order valence-electron chi connectivity index (χ1n) is 14.3. The van der Waals surface area contributed by atoms with E-state index >= 15 is 0 Å². The van der Waals surface area contributed by atoms with E-state index in [1.54, 1.807) is 0 Å². The van der Waals surface area contributed by atoms with Gasteiger partial charge >= 0.3 is 41.8 Å². The van der Waals surface area contributed by atoms with Crippen molar-refractivity contribution in [1.29, 1.82) is 0 Å². The molecule has 10 unspecified atom stereocenters. The van der Waals surface area contributed by atoms with Gasteiger partial charge in [0, 0.05) is 55.4 Å².